The Balaban J connectivity index is 1.59. The van der Waals surface area contributed by atoms with Gasteiger partial charge in [-0.05, 0) is 49.9 Å². The molecule has 2 aromatic heterocycles. The predicted molar refractivity (Wildman–Crippen MR) is 102 cm³/mol. The van der Waals surface area contributed by atoms with Crippen molar-refractivity contribution in [1.29, 1.82) is 0 Å². The van der Waals surface area contributed by atoms with E-state index < -0.39 is 0 Å². The maximum absolute atomic E-state index is 12.5. The van der Waals surface area contributed by atoms with Gasteiger partial charge in [0.2, 0.25) is 5.91 Å². The first-order chi connectivity index (χ1) is 13.1. The van der Waals surface area contributed by atoms with E-state index >= 15 is 0 Å². The molecular weight excluding hydrogens is 344 g/mol. The van der Waals surface area contributed by atoms with Gasteiger partial charge in [0.25, 0.3) is 0 Å². The molecular formula is C20H22N4O3. The lowest BCUT2D eigenvalue weighted by Crippen LogP contribution is -2.22. The zero-order valence-electron chi connectivity index (χ0n) is 15.2. The molecule has 1 aromatic carbocycles. The number of aromatic hydroxyl groups is 1. The second-order valence-corrected chi connectivity index (χ2v) is 6.90. The van der Waals surface area contributed by atoms with E-state index in [1.54, 1.807) is 30.5 Å². The summed E-state index contributed by atoms with van der Waals surface area (Å²) < 4.78 is 7.21. The average Bonchev–Trinajstić information content (AvgIpc) is 2.98. The second kappa shape index (κ2) is 7.36. The lowest BCUT2D eigenvalue weighted by Gasteiger charge is -2.21. The summed E-state index contributed by atoms with van der Waals surface area (Å²) >= 11 is 0. The smallest absolute Gasteiger partial charge is 0.225 e. The van der Waals surface area contributed by atoms with Crippen LogP contribution in [0.1, 0.15) is 25.0 Å². The molecule has 3 aromatic rings. The highest BCUT2D eigenvalue weighted by Gasteiger charge is 2.19. The Morgan fingerprint density at radius 1 is 1.30 bits per heavy atom. The average molecular weight is 366 g/mol. The monoisotopic (exact) mass is 366 g/mol. The van der Waals surface area contributed by atoms with Gasteiger partial charge in [-0.3, -0.25) is 14.2 Å². The van der Waals surface area contributed by atoms with Crippen LogP contribution in [0.3, 0.4) is 0 Å². The number of amides is 1. The van der Waals surface area contributed by atoms with Crippen molar-refractivity contribution in [3.05, 3.63) is 42.4 Å². The minimum Gasteiger partial charge on any atom is -0.508 e. The molecule has 1 aliphatic rings. The van der Waals surface area contributed by atoms with Crippen molar-refractivity contribution in [2.45, 2.75) is 26.2 Å². The Kier molecular flexibility index (Phi) is 4.77. The van der Waals surface area contributed by atoms with Crippen LogP contribution in [0.25, 0.3) is 16.9 Å². The summed E-state index contributed by atoms with van der Waals surface area (Å²) in [6, 6.07) is 6.85. The van der Waals surface area contributed by atoms with Crippen LogP contribution in [0.4, 0.5) is 5.82 Å². The third kappa shape index (κ3) is 3.78. The molecule has 140 valence electrons. The SMILES string of the molecule is Cc1nc2cnc(-c3ccc(O)cc3)cn2c1NC(=O)CC1CCOCC1. The molecule has 0 spiro atoms. The second-order valence-electron chi connectivity index (χ2n) is 6.90. The van der Waals surface area contributed by atoms with E-state index in [1.165, 1.54) is 0 Å². The van der Waals surface area contributed by atoms with E-state index in [-0.39, 0.29) is 11.7 Å². The molecule has 0 bridgehead atoms. The molecule has 1 amide bonds. The highest BCUT2D eigenvalue weighted by atomic mass is 16.5. The first-order valence-electron chi connectivity index (χ1n) is 9.12. The lowest BCUT2D eigenvalue weighted by molar-refractivity contribution is -0.117. The van der Waals surface area contributed by atoms with E-state index in [4.69, 9.17) is 4.74 Å². The lowest BCUT2D eigenvalue weighted by atomic mass is 9.96. The Morgan fingerprint density at radius 2 is 2.04 bits per heavy atom. The molecule has 0 radical (unpaired) electrons. The summed E-state index contributed by atoms with van der Waals surface area (Å²) in [5, 5.41) is 12.5. The van der Waals surface area contributed by atoms with Gasteiger partial charge in [-0.15, -0.1) is 0 Å². The van der Waals surface area contributed by atoms with Gasteiger partial charge in [-0.25, -0.2) is 4.98 Å². The third-order valence-corrected chi connectivity index (χ3v) is 4.92. The number of aromatic nitrogens is 3. The largest absolute Gasteiger partial charge is 0.508 e. The van der Waals surface area contributed by atoms with E-state index in [0.717, 1.165) is 43.0 Å². The molecule has 1 fully saturated rings. The summed E-state index contributed by atoms with van der Waals surface area (Å²) in [4.78, 5) is 21.5. The molecule has 2 N–H and O–H groups in total. The Morgan fingerprint density at radius 3 is 2.78 bits per heavy atom. The quantitative estimate of drug-likeness (QED) is 0.740. The van der Waals surface area contributed by atoms with Crippen LogP contribution in [0.2, 0.25) is 0 Å². The Hall–Kier alpha value is -2.93. The summed E-state index contributed by atoms with van der Waals surface area (Å²) in [6.07, 6.45) is 5.88. The highest BCUT2D eigenvalue weighted by molar-refractivity contribution is 5.91. The molecule has 1 saturated heterocycles. The Bertz CT molecular complexity index is 959. The molecule has 27 heavy (non-hydrogen) atoms. The van der Waals surface area contributed by atoms with Gasteiger partial charge in [0.15, 0.2) is 5.65 Å². The van der Waals surface area contributed by atoms with E-state index in [1.807, 2.05) is 17.5 Å². The van der Waals surface area contributed by atoms with Crippen LogP contribution >= 0.6 is 0 Å². The number of aryl methyl sites for hydroxylation is 1. The normalized spacial score (nSPS) is 15.1. The number of rotatable bonds is 4. The molecule has 3 heterocycles. The molecule has 4 rings (SSSR count). The third-order valence-electron chi connectivity index (χ3n) is 4.92. The molecule has 7 heteroatoms. The van der Waals surface area contributed by atoms with Crippen molar-refractivity contribution in [3.63, 3.8) is 0 Å². The zero-order chi connectivity index (χ0) is 18.8. The number of phenolic OH excluding ortho intramolecular Hbond substituents is 1. The fourth-order valence-corrected chi connectivity index (χ4v) is 3.40. The molecule has 7 nitrogen and oxygen atoms in total. The number of benzene rings is 1. The van der Waals surface area contributed by atoms with Gasteiger partial charge >= 0.3 is 0 Å². The highest BCUT2D eigenvalue weighted by Crippen LogP contribution is 2.25. The summed E-state index contributed by atoms with van der Waals surface area (Å²) in [7, 11) is 0. The number of hydrogen-bond donors (Lipinski definition) is 2. The van der Waals surface area contributed by atoms with Crippen molar-refractivity contribution in [2.75, 3.05) is 18.5 Å². The molecule has 0 aliphatic carbocycles. The van der Waals surface area contributed by atoms with Crippen LogP contribution in [0.15, 0.2) is 36.7 Å². The van der Waals surface area contributed by atoms with Gasteiger partial charge in [-0.1, -0.05) is 0 Å². The van der Waals surface area contributed by atoms with E-state index in [2.05, 4.69) is 15.3 Å². The fourth-order valence-electron chi connectivity index (χ4n) is 3.40. The number of imidazole rings is 1. The number of hydrogen-bond acceptors (Lipinski definition) is 5. The Labute approximate surface area is 157 Å². The number of phenols is 1. The fraction of sp³-hybridized carbons (Fsp3) is 0.350. The van der Waals surface area contributed by atoms with Crippen molar-refractivity contribution in [1.82, 2.24) is 14.4 Å². The zero-order valence-corrected chi connectivity index (χ0v) is 15.2. The standard InChI is InChI=1S/C20H22N4O3/c1-13-20(23-19(26)10-14-6-8-27-9-7-14)24-12-17(21-11-18(24)22-13)15-2-4-16(25)5-3-15/h2-5,11-12,14,25H,6-10H2,1H3,(H,23,26). The minimum atomic E-state index is -0.00482. The summed E-state index contributed by atoms with van der Waals surface area (Å²) in [5.41, 5.74) is 3.04. The molecule has 0 unspecified atom stereocenters. The number of carbonyl (C=O) groups excluding carboxylic acids is 1. The minimum absolute atomic E-state index is 0.00482. The van der Waals surface area contributed by atoms with Crippen molar-refractivity contribution >= 4 is 17.4 Å². The van der Waals surface area contributed by atoms with Crippen LogP contribution < -0.4 is 5.32 Å². The molecule has 1 aliphatic heterocycles. The summed E-state index contributed by atoms with van der Waals surface area (Å²) in [6.45, 7) is 3.33. The number of ether oxygens (including phenoxy) is 1. The molecule has 0 saturated carbocycles. The topological polar surface area (TPSA) is 88.8 Å². The van der Waals surface area contributed by atoms with Gasteiger partial charge in [0.05, 0.1) is 17.6 Å². The van der Waals surface area contributed by atoms with Crippen LogP contribution in [-0.2, 0) is 9.53 Å². The maximum atomic E-state index is 12.5. The molecule has 0 atom stereocenters. The van der Waals surface area contributed by atoms with Crippen molar-refractivity contribution in [2.24, 2.45) is 5.92 Å². The van der Waals surface area contributed by atoms with Crippen LogP contribution in [0, 0.1) is 12.8 Å². The van der Waals surface area contributed by atoms with Crippen LogP contribution in [-0.4, -0.2) is 38.6 Å². The number of carbonyl (C=O) groups is 1. The van der Waals surface area contributed by atoms with Gasteiger partial charge < -0.3 is 15.2 Å². The predicted octanol–water partition coefficient (Wildman–Crippen LogP) is 3.17. The maximum Gasteiger partial charge on any atom is 0.225 e. The van der Waals surface area contributed by atoms with Crippen LogP contribution in [0.5, 0.6) is 5.75 Å². The first kappa shape index (κ1) is 17.5. The van der Waals surface area contributed by atoms with Gasteiger partial charge in [0, 0.05) is 31.4 Å². The van der Waals surface area contributed by atoms with Gasteiger partial charge in [0.1, 0.15) is 11.6 Å². The number of nitrogens with one attached hydrogen (secondary N) is 1. The van der Waals surface area contributed by atoms with Crippen molar-refractivity contribution < 1.29 is 14.6 Å². The number of fused-ring (bicyclic) bond motifs is 1. The first-order valence-corrected chi connectivity index (χ1v) is 9.12. The van der Waals surface area contributed by atoms with Gasteiger partial charge in [-0.2, -0.15) is 0 Å². The number of anilines is 1. The van der Waals surface area contributed by atoms with Crippen molar-refractivity contribution in [3.8, 4) is 17.0 Å². The van der Waals surface area contributed by atoms with E-state index in [0.29, 0.717) is 23.8 Å². The van der Waals surface area contributed by atoms with E-state index in [9.17, 15) is 9.90 Å². The summed E-state index contributed by atoms with van der Waals surface area (Å²) in [5.74, 6) is 1.24. The number of nitrogens with zero attached hydrogens (tertiary/aromatic N) is 3.